The Bertz CT molecular complexity index is 931. The number of carbonyl (C=O) groups excluding carboxylic acids is 2. The van der Waals surface area contributed by atoms with E-state index in [4.69, 9.17) is 9.47 Å². The van der Waals surface area contributed by atoms with E-state index in [1.807, 2.05) is 18.2 Å². The minimum absolute atomic E-state index is 0.153. The Morgan fingerprint density at radius 2 is 0.922 bits per heavy atom. The van der Waals surface area contributed by atoms with Crippen molar-refractivity contribution in [3.05, 3.63) is 60.8 Å². The molecule has 2 N–H and O–H groups in total. The molecule has 0 aromatic rings. The van der Waals surface area contributed by atoms with E-state index < -0.39 is 18.2 Å². The van der Waals surface area contributed by atoms with Gasteiger partial charge in [-0.1, -0.05) is 184 Å². The summed E-state index contributed by atoms with van der Waals surface area (Å²) in [6, 6.07) is 0. The Hall–Kier alpha value is -2.44. The molecule has 294 valence electrons. The molecular weight excluding hydrogens is 636 g/mol. The van der Waals surface area contributed by atoms with Crippen LogP contribution in [-0.2, 0) is 19.1 Å². The average molecular weight is 715 g/mol. The van der Waals surface area contributed by atoms with Crippen molar-refractivity contribution >= 4 is 11.9 Å². The van der Waals surface area contributed by atoms with Crippen LogP contribution in [0.25, 0.3) is 0 Å². The molecule has 0 aromatic heterocycles. The van der Waals surface area contributed by atoms with Crippen LogP contribution in [0.1, 0.15) is 181 Å². The van der Waals surface area contributed by atoms with Crippen molar-refractivity contribution in [3.8, 4) is 0 Å². The van der Waals surface area contributed by atoms with Crippen molar-refractivity contribution in [2.45, 2.75) is 193 Å². The number of hydrogen-bond donors (Lipinski definition) is 2. The van der Waals surface area contributed by atoms with Gasteiger partial charge in [0.2, 0.25) is 0 Å². The van der Waals surface area contributed by atoms with Crippen LogP contribution in [0.3, 0.4) is 0 Å². The molecule has 1 unspecified atom stereocenters. The first-order valence-corrected chi connectivity index (χ1v) is 20.8. The fraction of sp³-hybridized carbons (Fsp3) is 0.733. The molecule has 0 aliphatic heterocycles. The molecule has 51 heavy (non-hydrogen) atoms. The molecule has 0 aliphatic rings. The number of aliphatic hydroxyl groups excluding tert-OH is 2. The Labute approximate surface area is 313 Å². The van der Waals surface area contributed by atoms with Crippen molar-refractivity contribution in [3.63, 3.8) is 0 Å². The first-order chi connectivity index (χ1) is 24.8. The van der Waals surface area contributed by atoms with Gasteiger partial charge in [0, 0.05) is 12.8 Å². The second kappa shape index (κ2) is 38.8. The number of rotatable bonds is 36. The van der Waals surface area contributed by atoms with E-state index in [0.29, 0.717) is 19.3 Å². The van der Waals surface area contributed by atoms with Gasteiger partial charge in [-0.3, -0.25) is 9.59 Å². The summed E-state index contributed by atoms with van der Waals surface area (Å²) >= 11 is 0. The Morgan fingerprint density at radius 1 is 0.510 bits per heavy atom. The van der Waals surface area contributed by atoms with E-state index in [1.165, 1.54) is 89.9 Å². The van der Waals surface area contributed by atoms with Crippen LogP contribution < -0.4 is 0 Å². The van der Waals surface area contributed by atoms with Crippen LogP contribution in [-0.4, -0.2) is 47.6 Å². The number of hydrogen-bond acceptors (Lipinski definition) is 6. The summed E-state index contributed by atoms with van der Waals surface area (Å²) in [6.45, 7) is 6.38. The van der Waals surface area contributed by atoms with E-state index in [9.17, 15) is 19.8 Å². The van der Waals surface area contributed by atoms with Crippen LogP contribution in [0.5, 0.6) is 0 Å². The van der Waals surface area contributed by atoms with Gasteiger partial charge in [-0.15, -0.1) is 0 Å². The lowest BCUT2D eigenvalue weighted by atomic mass is 10.0. The summed E-state index contributed by atoms with van der Waals surface area (Å²) in [5, 5.41) is 20.1. The summed E-state index contributed by atoms with van der Waals surface area (Å²) in [6.07, 6.45) is 46.0. The first kappa shape index (κ1) is 48.6. The quantitative estimate of drug-likeness (QED) is 0.0290. The second-order valence-electron chi connectivity index (χ2n) is 14.4. The largest absolute Gasteiger partial charge is 0.463 e. The number of carbonyl (C=O) groups is 2. The zero-order valence-electron chi connectivity index (χ0n) is 33.1. The third kappa shape index (κ3) is 40.2. The molecule has 0 saturated carbocycles. The highest BCUT2D eigenvalue weighted by molar-refractivity contribution is 5.69. The van der Waals surface area contributed by atoms with Gasteiger partial charge in [-0.25, -0.2) is 0 Å². The maximum atomic E-state index is 12.0. The van der Waals surface area contributed by atoms with Crippen molar-refractivity contribution < 1.29 is 29.3 Å². The van der Waals surface area contributed by atoms with Crippen LogP contribution in [0, 0.1) is 5.92 Å². The van der Waals surface area contributed by atoms with E-state index in [2.05, 4.69) is 57.2 Å². The third-order valence-corrected chi connectivity index (χ3v) is 8.80. The highest BCUT2D eigenvalue weighted by Gasteiger charge is 2.12. The van der Waals surface area contributed by atoms with E-state index in [-0.39, 0.29) is 25.6 Å². The first-order valence-electron chi connectivity index (χ1n) is 20.8. The summed E-state index contributed by atoms with van der Waals surface area (Å²) in [4.78, 5) is 24.0. The maximum Gasteiger partial charge on any atom is 0.305 e. The summed E-state index contributed by atoms with van der Waals surface area (Å²) in [5.74, 6) is 0.0894. The topological polar surface area (TPSA) is 93.1 Å². The lowest BCUT2D eigenvalue weighted by Gasteiger charge is -2.12. The molecule has 0 aliphatic carbocycles. The fourth-order valence-corrected chi connectivity index (χ4v) is 5.65. The Kier molecular flexibility index (Phi) is 36.9. The molecular formula is C45H78O6. The minimum Gasteiger partial charge on any atom is -0.463 e. The molecule has 0 amide bonds. The molecule has 0 bridgehead atoms. The summed E-state index contributed by atoms with van der Waals surface area (Å²) in [5.41, 5.74) is 0. The van der Waals surface area contributed by atoms with Crippen molar-refractivity contribution in [1.29, 1.82) is 0 Å². The zero-order valence-corrected chi connectivity index (χ0v) is 33.1. The lowest BCUT2D eigenvalue weighted by Crippen LogP contribution is -2.25. The predicted molar refractivity (Wildman–Crippen MR) is 216 cm³/mol. The summed E-state index contributed by atoms with van der Waals surface area (Å²) < 4.78 is 10.2. The van der Waals surface area contributed by atoms with Gasteiger partial charge >= 0.3 is 11.9 Å². The molecule has 0 radical (unpaired) electrons. The monoisotopic (exact) mass is 715 g/mol. The number of allylic oxidation sites excluding steroid dienone is 9. The molecule has 0 rings (SSSR count). The average Bonchev–Trinajstić information content (AvgIpc) is 3.11. The fourth-order valence-electron chi connectivity index (χ4n) is 5.65. The highest BCUT2D eigenvalue weighted by atomic mass is 16.6. The van der Waals surface area contributed by atoms with Crippen LogP contribution in [0.15, 0.2) is 60.8 Å². The summed E-state index contributed by atoms with van der Waals surface area (Å²) in [7, 11) is 0. The molecule has 2 atom stereocenters. The molecule has 0 aromatic carbocycles. The van der Waals surface area contributed by atoms with Crippen LogP contribution in [0.2, 0.25) is 0 Å². The molecule has 0 spiro atoms. The normalized spacial score (nSPS) is 13.5. The maximum absolute atomic E-state index is 12.0. The lowest BCUT2D eigenvalue weighted by molar-refractivity contribution is -0.152. The molecule has 0 saturated heterocycles. The Balaban J connectivity index is 3.59. The predicted octanol–water partition coefficient (Wildman–Crippen LogP) is 12.0. The van der Waals surface area contributed by atoms with Crippen molar-refractivity contribution in [2.75, 3.05) is 13.2 Å². The van der Waals surface area contributed by atoms with E-state index >= 15 is 0 Å². The van der Waals surface area contributed by atoms with Gasteiger partial charge < -0.3 is 19.7 Å². The smallest absolute Gasteiger partial charge is 0.305 e. The van der Waals surface area contributed by atoms with Gasteiger partial charge in [-0.2, -0.15) is 0 Å². The van der Waals surface area contributed by atoms with Crippen molar-refractivity contribution in [2.24, 2.45) is 5.92 Å². The third-order valence-electron chi connectivity index (χ3n) is 8.80. The van der Waals surface area contributed by atoms with E-state index in [1.54, 1.807) is 6.08 Å². The van der Waals surface area contributed by atoms with E-state index in [0.717, 1.165) is 50.9 Å². The zero-order chi connectivity index (χ0) is 37.5. The number of ether oxygens (including phenoxy) is 2. The number of unbranched alkanes of at least 4 members (excludes halogenated alkanes) is 15. The molecule has 6 heteroatoms. The van der Waals surface area contributed by atoms with Gasteiger partial charge in [0.05, 0.1) is 6.10 Å². The molecule has 0 fully saturated rings. The standard InChI is InChI=1S/C45H78O6/c1-4-5-6-7-8-9-10-15-19-22-25-28-31-35-42(46)36-33-38-45(49)51-40-43(47)39-50-44(48)37-32-29-26-23-20-17-14-12-11-13-16-18-21-24-27-30-34-41(2)3/h5-6,8-9,15,19,25,28,31,35,41-43,46-47H,4,7,10-14,16-18,20-24,26-27,29-30,32-34,36-40H2,1-3H3/b6-5-,9-8-,19-15-,28-25-,35-31+/t42?,43-/m0/s1. The Morgan fingerprint density at radius 3 is 1.39 bits per heavy atom. The highest BCUT2D eigenvalue weighted by Crippen LogP contribution is 2.15. The van der Waals surface area contributed by atoms with Gasteiger partial charge in [-0.05, 0) is 50.9 Å². The van der Waals surface area contributed by atoms with Crippen LogP contribution in [0.4, 0.5) is 0 Å². The second-order valence-corrected chi connectivity index (χ2v) is 14.4. The van der Waals surface area contributed by atoms with Gasteiger partial charge in [0.15, 0.2) is 0 Å². The van der Waals surface area contributed by atoms with Gasteiger partial charge in [0.1, 0.15) is 19.3 Å². The van der Waals surface area contributed by atoms with Crippen molar-refractivity contribution in [1.82, 2.24) is 0 Å². The molecule has 6 nitrogen and oxygen atoms in total. The van der Waals surface area contributed by atoms with Gasteiger partial charge in [0.25, 0.3) is 0 Å². The van der Waals surface area contributed by atoms with Crippen LogP contribution >= 0.6 is 0 Å². The minimum atomic E-state index is -1.04. The SMILES string of the molecule is CC/C=C\C/C=C\C/C=C\C/C=C\C=C\C(O)CCCC(=O)OC[C@@H](O)COC(=O)CCCCCCCCCCCCCCCCCCC(C)C. The molecule has 0 heterocycles. The number of esters is 2. The number of aliphatic hydroxyl groups is 2.